The predicted octanol–water partition coefficient (Wildman–Crippen LogP) is 4.20. The number of hydrogen-bond donors (Lipinski definition) is 2. The summed E-state index contributed by atoms with van der Waals surface area (Å²) in [6, 6.07) is 14.6. The van der Waals surface area contributed by atoms with Crippen LogP contribution in [0.25, 0.3) is 0 Å². The highest BCUT2D eigenvalue weighted by atomic mass is 16.7. The van der Waals surface area contributed by atoms with Crippen molar-refractivity contribution in [3.05, 3.63) is 66.5 Å². The largest absolute Gasteiger partial charge is 0.492 e. The first kappa shape index (κ1) is 17.7. The molecule has 0 saturated heterocycles. The first-order chi connectivity index (χ1) is 13.7. The molecule has 0 saturated carbocycles. The van der Waals surface area contributed by atoms with Gasteiger partial charge in [-0.25, -0.2) is 0 Å². The van der Waals surface area contributed by atoms with Crippen molar-refractivity contribution in [2.24, 2.45) is 0 Å². The molecule has 0 bridgehead atoms. The molecule has 28 heavy (non-hydrogen) atoms. The number of carbonyl (C=O) groups is 1. The molecule has 0 spiro atoms. The summed E-state index contributed by atoms with van der Waals surface area (Å²) < 4.78 is 16.2. The van der Waals surface area contributed by atoms with Crippen molar-refractivity contribution in [2.45, 2.75) is 6.92 Å². The van der Waals surface area contributed by atoms with E-state index in [9.17, 15) is 4.79 Å². The Labute approximate surface area is 162 Å². The number of fused-ring (bicyclic) bond motifs is 1. The second-order valence-corrected chi connectivity index (χ2v) is 6.04. The predicted molar refractivity (Wildman–Crippen MR) is 106 cm³/mol. The first-order valence-electron chi connectivity index (χ1n) is 8.88. The van der Waals surface area contributed by atoms with E-state index in [0.717, 1.165) is 5.69 Å². The Morgan fingerprint density at radius 2 is 1.93 bits per heavy atom. The highest BCUT2D eigenvalue weighted by molar-refractivity contribution is 6.05. The molecule has 1 aliphatic heterocycles. The second kappa shape index (κ2) is 7.87. The van der Waals surface area contributed by atoms with Crippen LogP contribution < -0.4 is 24.8 Å². The maximum atomic E-state index is 12.7. The Hall–Kier alpha value is -3.74. The number of carbonyl (C=O) groups excluding carboxylic acids is 1. The minimum atomic E-state index is -0.269. The molecule has 7 nitrogen and oxygen atoms in total. The van der Waals surface area contributed by atoms with Crippen molar-refractivity contribution in [1.82, 2.24) is 4.98 Å². The number of amides is 1. The Bertz CT molecular complexity index is 1010. The summed E-state index contributed by atoms with van der Waals surface area (Å²) in [5.41, 5.74) is 2.54. The lowest BCUT2D eigenvalue weighted by atomic mass is 10.2. The molecule has 2 aromatic carbocycles. The van der Waals surface area contributed by atoms with E-state index in [1.165, 1.54) is 6.20 Å². The van der Waals surface area contributed by atoms with E-state index in [-0.39, 0.29) is 12.7 Å². The summed E-state index contributed by atoms with van der Waals surface area (Å²) in [5.74, 6) is 1.75. The number of para-hydroxylation sites is 2. The van der Waals surface area contributed by atoms with E-state index >= 15 is 0 Å². The number of rotatable bonds is 6. The van der Waals surface area contributed by atoms with Crippen molar-refractivity contribution in [3.8, 4) is 17.2 Å². The number of nitrogens with zero attached hydrogens (tertiary/aromatic N) is 1. The number of benzene rings is 2. The van der Waals surface area contributed by atoms with Crippen molar-refractivity contribution >= 4 is 23.0 Å². The van der Waals surface area contributed by atoms with Crippen LogP contribution in [0.3, 0.4) is 0 Å². The molecular formula is C21H19N3O4. The van der Waals surface area contributed by atoms with Crippen molar-refractivity contribution < 1.29 is 19.0 Å². The number of aromatic nitrogens is 1. The average molecular weight is 377 g/mol. The minimum Gasteiger partial charge on any atom is -0.492 e. The average Bonchev–Trinajstić information content (AvgIpc) is 3.18. The zero-order valence-corrected chi connectivity index (χ0v) is 15.3. The minimum absolute atomic E-state index is 0.221. The Morgan fingerprint density at radius 1 is 1.07 bits per heavy atom. The Balaban J connectivity index is 1.50. The van der Waals surface area contributed by atoms with Gasteiger partial charge in [0.1, 0.15) is 5.75 Å². The maximum absolute atomic E-state index is 12.7. The van der Waals surface area contributed by atoms with Gasteiger partial charge in [-0.2, -0.15) is 0 Å². The topological polar surface area (TPSA) is 81.7 Å². The zero-order chi connectivity index (χ0) is 19.3. The summed E-state index contributed by atoms with van der Waals surface area (Å²) in [6.45, 7) is 2.64. The molecule has 0 fully saturated rings. The van der Waals surface area contributed by atoms with Gasteiger partial charge in [0.2, 0.25) is 6.79 Å². The van der Waals surface area contributed by atoms with E-state index in [4.69, 9.17) is 14.2 Å². The monoisotopic (exact) mass is 377 g/mol. The quantitative estimate of drug-likeness (QED) is 0.670. The molecule has 142 valence electrons. The fraction of sp³-hybridized carbons (Fsp3) is 0.143. The van der Waals surface area contributed by atoms with Gasteiger partial charge in [0.25, 0.3) is 5.91 Å². The molecular weight excluding hydrogens is 358 g/mol. The number of nitrogens with one attached hydrogen (secondary N) is 2. The van der Waals surface area contributed by atoms with Gasteiger partial charge in [0.05, 0.1) is 29.7 Å². The number of anilines is 3. The van der Waals surface area contributed by atoms with Crippen LogP contribution in [0.4, 0.5) is 17.1 Å². The lowest BCUT2D eigenvalue weighted by Gasteiger charge is -2.12. The van der Waals surface area contributed by atoms with Crippen molar-refractivity contribution in [2.75, 3.05) is 24.0 Å². The van der Waals surface area contributed by atoms with Gasteiger partial charge in [0, 0.05) is 18.0 Å². The Kier molecular flexibility index (Phi) is 4.97. The second-order valence-electron chi connectivity index (χ2n) is 6.04. The van der Waals surface area contributed by atoms with Crippen LogP contribution in [0.5, 0.6) is 17.2 Å². The Morgan fingerprint density at radius 3 is 2.82 bits per heavy atom. The molecule has 0 aliphatic carbocycles. The van der Waals surface area contributed by atoms with Gasteiger partial charge in [-0.15, -0.1) is 0 Å². The van der Waals surface area contributed by atoms with Crippen LogP contribution in [0.15, 0.2) is 60.9 Å². The van der Waals surface area contributed by atoms with Gasteiger partial charge in [-0.1, -0.05) is 12.1 Å². The summed E-state index contributed by atoms with van der Waals surface area (Å²) >= 11 is 0. The fourth-order valence-electron chi connectivity index (χ4n) is 2.82. The number of pyridine rings is 1. The standard InChI is InChI=1S/C21H19N3O4/c1-2-26-18-6-4-3-5-17(18)24-21(25)14-9-16(12-22-11-14)23-15-7-8-19-20(10-15)28-13-27-19/h3-12,23H,2,13H2,1H3,(H,24,25). The van der Waals surface area contributed by atoms with Crippen LogP contribution in [0.2, 0.25) is 0 Å². The third kappa shape index (κ3) is 3.83. The highest BCUT2D eigenvalue weighted by Crippen LogP contribution is 2.35. The molecule has 2 N–H and O–H groups in total. The molecule has 1 aliphatic rings. The van der Waals surface area contributed by atoms with Gasteiger partial charge in [0.15, 0.2) is 11.5 Å². The molecule has 0 unspecified atom stereocenters. The normalized spacial score (nSPS) is 11.8. The molecule has 3 aromatic rings. The van der Waals surface area contributed by atoms with Gasteiger partial charge >= 0.3 is 0 Å². The molecule has 7 heteroatoms. The SMILES string of the molecule is CCOc1ccccc1NC(=O)c1cncc(Nc2ccc3c(c2)OCO3)c1. The van der Waals surface area contributed by atoms with Crippen molar-refractivity contribution in [3.63, 3.8) is 0 Å². The van der Waals surface area contributed by atoms with E-state index in [1.54, 1.807) is 18.3 Å². The first-order valence-corrected chi connectivity index (χ1v) is 8.88. The lowest BCUT2D eigenvalue weighted by Crippen LogP contribution is -2.13. The molecule has 0 radical (unpaired) electrons. The summed E-state index contributed by atoms with van der Waals surface area (Å²) in [5, 5.41) is 6.09. The smallest absolute Gasteiger partial charge is 0.257 e. The number of ether oxygens (including phenoxy) is 3. The molecule has 0 atom stereocenters. The maximum Gasteiger partial charge on any atom is 0.257 e. The van der Waals surface area contributed by atoms with Gasteiger partial charge < -0.3 is 24.8 Å². The van der Waals surface area contributed by atoms with Crippen LogP contribution in [0.1, 0.15) is 17.3 Å². The van der Waals surface area contributed by atoms with Crippen LogP contribution >= 0.6 is 0 Å². The summed E-state index contributed by atoms with van der Waals surface area (Å²) in [7, 11) is 0. The molecule has 2 heterocycles. The van der Waals surface area contributed by atoms with Crippen molar-refractivity contribution in [1.29, 1.82) is 0 Å². The van der Waals surface area contributed by atoms with E-state index in [0.29, 0.717) is 40.8 Å². The highest BCUT2D eigenvalue weighted by Gasteiger charge is 2.14. The van der Waals surface area contributed by atoms with E-state index in [1.807, 2.05) is 43.3 Å². The zero-order valence-electron chi connectivity index (χ0n) is 15.3. The molecule has 1 aromatic heterocycles. The number of hydrogen-bond acceptors (Lipinski definition) is 6. The third-order valence-corrected chi connectivity index (χ3v) is 4.10. The van der Waals surface area contributed by atoms with Crippen LogP contribution in [0, 0.1) is 0 Å². The summed E-state index contributed by atoms with van der Waals surface area (Å²) in [6.07, 6.45) is 3.17. The fourth-order valence-corrected chi connectivity index (χ4v) is 2.82. The summed E-state index contributed by atoms with van der Waals surface area (Å²) in [4.78, 5) is 16.8. The van der Waals surface area contributed by atoms with Crippen LogP contribution in [-0.4, -0.2) is 24.3 Å². The molecule has 4 rings (SSSR count). The molecule has 1 amide bonds. The van der Waals surface area contributed by atoms with Crippen LogP contribution in [-0.2, 0) is 0 Å². The lowest BCUT2D eigenvalue weighted by molar-refractivity contribution is 0.102. The third-order valence-electron chi connectivity index (χ3n) is 4.10. The van der Waals surface area contributed by atoms with Gasteiger partial charge in [-0.05, 0) is 37.3 Å². The van der Waals surface area contributed by atoms with E-state index in [2.05, 4.69) is 15.6 Å². The van der Waals surface area contributed by atoms with Gasteiger partial charge in [-0.3, -0.25) is 9.78 Å². The van der Waals surface area contributed by atoms with E-state index < -0.39 is 0 Å².